The van der Waals surface area contributed by atoms with Crippen LogP contribution in [-0.4, -0.2) is 0 Å². The van der Waals surface area contributed by atoms with E-state index in [0.717, 1.165) is 11.3 Å². The fourth-order valence-electron chi connectivity index (χ4n) is 1.05. The van der Waals surface area contributed by atoms with E-state index >= 15 is 0 Å². The van der Waals surface area contributed by atoms with Crippen molar-refractivity contribution in [2.75, 3.05) is 0 Å². The van der Waals surface area contributed by atoms with E-state index < -0.39 is 0 Å². The highest BCUT2D eigenvalue weighted by molar-refractivity contribution is 5.61. The third-order valence-electron chi connectivity index (χ3n) is 1.56. The summed E-state index contributed by atoms with van der Waals surface area (Å²) in [7, 11) is 0. The summed E-state index contributed by atoms with van der Waals surface area (Å²) in [4.78, 5) is 0. The molecule has 1 unspecified atom stereocenters. The molecule has 1 aliphatic heterocycles. The predicted octanol–water partition coefficient (Wildman–Crippen LogP) is 0.488. The topological polar surface area (TPSA) is 27.5 Å². The standard InChI is InChI=1S/C8H6NO/c10-9-6-5-7-3-1-2-4-8(7)9/h1-5,9H. The molecule has 0 amide bonds. The smallest absolute Gasteiger partial charge is 0.199 e. The van der Waals surface area contributed by atoms with E-state index in [1.165, 1.54) is 0 Å². The van der Waals surface area contributed by atoms with E-state index in [9.17, 15) is 5.21 Å². The molecule has 49 valence electrons. The van der Waals surface area contributed by atoms with E-state index in [0.29, 0.717) is 0 Å². The van der Waals surface area contributed by atoms with Gasteiger partial charge in [0, 0.05) is 17.7 Å². The minimum absolute atomic E-state index is 0.00407. The summed E-state index contributed by atoms with van der Waals surface area (Å²) in [6.07, 6.45) is 4.34. The zero-order valence-electron chi connectivity index (χ0n) is 5.29. The molecule has 0 aromatic heterocycles. The van der Waals surface area contributed by atoms with Crippen LogP contribution in [0.4, 0.5) is 5.69 Å². The van der Waals surface area contributed by atoms with Gasteiger partial charge in [-0.3, -0.25) is 0 Å². The van der Waals surface area contributed by atoms with Crippen LogP contribution < -0.4 is 5.06 Å². The molecule has 2 rings (SSSR count). The molecular weight excluding hydrogens is 126 g/mol. The number of quaternary nitrogens is 1. The van der Waals surface area contributed by atoms with Gasteiger partial charge in [0.2, 0.25) is 0 Å². The van der Waals surface area contributed by atoms with Crippen molar-refractivity contribution in [1.29, 1.82) is 0 Å². The maximum atomic E-state index is 10.9. The highest BCUT2D eigenvalue weighted by Crippen LogP contribution is 2.14. The summed E-state index contributed by atoms with van der Waals surface area (Å²) >= 11 is 0. The minimum atomic E-state index is -0.00407. The van der Waals surface area contributed by atoms with Crippen LogP contribution in [0, 0.1) is 11.4 Å². The highest BCUT2D eigenvalue weighted by atomic mass is 16.5. The molecule has 1 aromatic carbocycles. The van der Waals surface area contributed by atoms with Crippen molar-refractivity contribution in [2.24, 2.45) is 0 Å². The van der Waals surface area contributed by atoms with Crippen LogP contribution in [0.2, 0.25) is 0 Å². The van der Waals surface area contributed by atoms with Crippen molar-refractivity contribution in [2.45, 2.75) is 0 Å². The SMILES string of the molecule is [O-][NH+]1[C]=Cc2ccccc21. The molecule has 1 radical (unpaired) electrons. The van der Waals surface area contributed by atoms with Crippen LogP contribution in [0.15, 0.2) is 24.3 Å². The number of fused-ring (bicyclic) bond motifs is 1. The second kappa shape index (κ2) is 1.94. The van der Waals surface area contributed by atoms with E-state index in [-0.39, 0.29) is 5.06 Å². The number of benzene rings is 1. The molecule has 1 atom stereocenters. The van der Waals surface area contributed by atoms with Crippen molar-refractivity contribution >= 4 is 11.8 Å². The second-order valence-corrected chi connectivity index (χ2v) is 2.21. The monoisotopic (exact) mass is 132 g/mol. The van der Waals surface area contributed by atoms with Crippen LogP contribution in [0.5, 0.6) is 0 Å². The van der Waals surface area contributed by atoms with Crippen LogP contribution >= 0.6 is 0 Å². The Bertz CT molecular complexity index is 280. The first-order chi connectivity index (χ1) is 4.88. The molecule has 2 heteroatoms. The maximum absolute atomic E-state index is 10.9. The van der Waals surface area contributed by atoms with Gasteiger partial charge in [-0.05, 0) is 6.07 Å². The average Bonchev–Trinajstić information content (AvgIpc) is 2.34. The minimum Gasteiger partial charge on any atom is -0.623 e. The van der Waals surface area contributed by atoms with Gasteiger partial charge in [0.25, 0.3) is 0 Å². The zero-order chi connectivity index (χ0) is 6.97. The van der Waals surface area contributed by atoms with E-state index in [1.54, 1.807) is 6.08 Å². The van der Waals surface area contributed by atoms with Gasteiger partial charge in [-0.1, -0.05) is 12.1 Å². The lowest BCUT2D eigenvalue weighted by atomic mass is 10.2. The summed E-state index contributed by atoms with van der Waals surface area (Å²) in [6, 6.07) is 7.49. The van der Waals surface area contributed by atoms with Gasteiger partial charge in [0.05, 0.1) is 0 Å². The van der Waals surface area contributed by atoms with E-state index in [4.69, 9.17) is 0 Å². The lowest BCUT2D eigenvalue weighted by Crippen LogP contribution is -2.96. The Kier molecular flexibility index (Phi) is 1.09. The van der Waals surface area contributed by atoms with Gasteiger partial charge >= 0.3 is 0 Å². The first-order valence-electron chi connectivity index (χ1n) is 3.11. The van der Waals surface area contributed by atoms with E-state index in [2.05, 4.69) is 6.20 Å². The number of rotatable bonds is 0. The molecule has 1 heterocycles. The van der Waals surface area contributed by atoms with Gasteiger partial charge < -0.3 is 10.3 Å². The number of nitrogens with one attached hydrogen (secondary N) is 1. The molecule has 10 heavy (non-hydrogen) atoms. The number of para-hydroxylation sites is 1. The van der Waals surface area contributed by atoms with Crippen molar-refractivity contribution in [3.05, 3.63) is 41.2 Å². The largest absolute Gasteiger partial charge is 0.623 e. The Morgan fingerprint density at radius 1 is 1.30 bits per heavy atom. The summed E-state index contributed by atoms with van der Waals surface area (Å²) in [5.41, 5.74) is 1.75. The third kappa shape index (κ3) is 0.667. The molecule has 0 spiro atoms. The molecule has 2 nitrogen and oxygen atoms in total. The Morgan fingerprint density at radius 2 is 2.10 bits per heavy atom. The zero-order valence-corrected chi connectivity index (χ0v) is 5.29. The molecular formula is C8H6NO. The fraction of sp³-hybridized carbons (Fsp3) is 0. The van der Waals surface area contributed by atoms with Crippen LogP contribution in [0.25, 0.3) is 6.08 Å². The number of hydroxylamine groups is 1. The highest BCUT2D eigenvalue weighted by Gasteiger charge is 2.11. The summed E-state index contributed by atoms with van der Waals surface area (Å²) in [5.74, 6) is 0. The van der Waals surface area contributed by atoms with Crippen LogP contribution in [0.3, 0.4) is 0 Å². The lowest BCUT2D eigenvalue weighted by molar-refractivity contribution is -0.724. The molecule has 0 bridgehead atoms. The third-order valence-corrected chi connectivity index (χ3v) is 1.56. The Hall–Kier alpha value is -1.12. The first-order valence-corrected chi connectivity index (χ1v) is 3.11. The van der Waals surface area contributed by atoms with Crippen LogP contribution in [0.1, 0.15) is 5.56 Å². The number of hydrogen-bond acceptors (Lipinski definition) is 1. The van der Waals surface area contributed by atoms with Gasteiger partial charge in [0.1, 0.15) is 5.69 Å². The fourth-order valence-corrected chi connectivity index (χ4v) is 1.05. The Labute approximate surface area is 59.0 Å². The van der Waals surface area contributed by atoms with Crippen molar-refractivity contribution in [3.8, 4) is 0 Å². The molecule has 0 saturated heterocycles. The predicted molar refractivity (Wildman–Crippen MR) is 38.1 cm³/mol. The summed E-state index contributed by atoms with van der Waals surface area (Å²) in [6.45, 7) is 0. The Balaban J connectivity index is 2.59. The summed E-state index contributed by atoms with van der Waals surface area (Å²) < 4.78 is 0. The van der Waals surface area contributed by atoms with Gasteiger partial charge in [-0.2, -0.15) is 0 Å². The van der Waals surface area contributed by atoms with Crippen molar-refractivity contribution in [1.82, 2.24) is 0 Å². The second-order valence-electron chi connectivity index (χ2n) is 2.21. The molecule has 0 aliphatic carbocycles. The molecule has 0 fully saturated rings. The van der Waals surface area contributed by atoms with Gasteiger partial charge in [0.15, 0.2) is 6.20 Å². The van der Waals surface area contributed by atoms with Crippen molar-refractivity contribution in [3.63, 3.8) is 0 Å². The number of hydrogen-bond donors (Lipinski definition) is 1. The van der Waals surface area contributed by atoms with Crippen molar-refractivity contribution < 1.29 is 5.06 Å². The normalized spacial score (nSPS) is 21.1. The molecule has 0 saturated carbocycles. The average molecular weight is 132 g/mol. The summed E-state index contributed by atoms with van der Waals surface area (Å²) in [5, 5.41) is 10.9. The lowest BCUT2D eigenvalue weighted by Gasteiger charge is -2.10. The molecule has 1 aromatic rings. The molecule has 1 N–H and O–H groups in total. The maximum Gasteiger partial charge on any atom is 0.199 e. The van der Waals surface area contributed by atoms with Crippen LogP contribution in [-0.2, 0) is 0 Å². The van der Waals surface area contributed by atoms with E-state index in [1.807, 2.05) is 24.3 Å². The van der Waals surface area contributed by atoms with Gasteiger partial charge in [-0.15, -0.1) is 0 Å². The first kappa shape index (κ1) is 5.65. The quantitative estimate of drug-likeness (QED) is 0.511. The van der Waals surface area contributed by atoms with Gasteiger partial charge in [-0.25, -0.2) is 0 Å². The Morgan fingerprint density at radius 3 is 2.90 bits per heavy atom. The molecule has 1 aliphatic rings.